The Hall–Kier alpha value is -4.05. The lowest BCUT2D eigenvalue weighted by Gasteiger charge is -2.21. The Morgan fingerprint density at radius 1 is 1.26 bits per heavy atom. The molecule has 4 amide bonds. The van der Waals surface area contributed by atoms with E-state index in [2.05, 4.69) is 25.9 Å². The highest BCUT2D eigenvalue weighted by Gasteiger charge is 2.53. The van der Waals surface area contributed by atoms with Crippen LogP contribution in [0.15, 0.2) is 21.2 Å². The minimum Gasteiger partial charge on any atom is -0.480 e. The number of thioether (sulfide) groups is 1. The molecule has 1 saturated carbocycles. The lowest BCUT2D eigenvalue weighted by Crippen LogP contribution is -2.50. The second-order valence-corrected chi connectivity index (χ2v) is 12.9. The van der Waals surface area contributed by atoms with Crippen LogP contribution in [-0.2, 0) is 37.7 Å². The molecule has 0 aromatic carbocycles. The zero-order valence-electron chi connectivity index (χ0n) is 23.5. The molecule has 1 aliphatic carbocycles. The van der Waals surface area contributed by atoms with Crippen LogP contribution in [0.4, 0.5) is 0 Å². The summed E-state index contributed by atoms with van der Waals surface area (Å²) in [6.07, 6.45) is 1.75. The number of primary amides is 1. The van der Waals surface area contributed by atoms with E-state index in [-0.39, 0.29) is 30.9 Å². The van der Waals surface area contributed by atoms with E-state index in [1.165, 1.54) is 40.7 Å². The van der Waals surface area contributed by atoms with Crippen molar-refractivity contribution in [2.75, 3.05) is 5.75 Å². The van der Waals surface area contributed by atoms with Crippen LogP contribution in [0.25, 0.3) is 0 Å². The molecule has 1 spiro atoms. The molecule has 0 bridgehead atoms. The van der Waals surface area contributed by atoms with E-state index in [4.69, 9.17) is 5.73 Å². The maximum absolute atomic E-state index is 13.5. The van der Waals surface area contributed by atoms with E-state index in [9.17, 15) is 33.9 Å². The normalized spacial score (nSPS) is 19.3. The topological polar surface area (TPSA) is 215 Å². The van der Waals surface area contributed by atoms with E-state index in [0.717, 1.165) is 12.8 Å². The van der Waals surface area contributed by atoms with Crippen molar-refractivity contribution in [2.24, 2.45) is 10.7 Å². The summed E-state index contributed by atoms with van der Waals surface area (Å²) >= 11 is 2.62. The van der Waals surface area contributed by atoms with Crippen LogP contribution >= 0.6 is 23.1 Å². The number of carbonyl (C=O) groups is 5. The highest BCUT2D eigenvalue weighted by molar-refractivity contribution is 8.14. The third kappa shape index (κ3) is 6.49. The van der Waals surface area contributed by atoms with Crippen LogP contribution in [0.3, 0.4) is 0 Å². The first-order valence-corrected chi connectivity index (χ1v) is 15.6. The van der Waals surface area contributed by atoms with E-state index < -0.39 is 47.4 Å². The number of nitrogens with one attached hydrogen (secondary N) is 3. The summed E-state index contributed by atoms with van der Waals surface area (Å²) in [6.45, 7) is 3.07. The number of aliphatic carboxylic acids is 1. The number of carbonyl (C=O) groups excluding carboxylic acids is 4. The summed E-state index contributed by atoms with van der Waals surface area (Å²) in [4.78, 5) is 82.5. The quantitative estimate of drug-likeness (QED) is 0.211. The number of nitrogens with two attached hydrogens (primary N) is 1. The van der Waals surface area contributed by atoms with Crippen LogP contribution in [0, 0.1) is 0 Å². The van der Waals surface area contributed by atoms with Gasteiger partial charge in [0.15, 0.2) is 6.04 Å². The van der Waals surface area contributed by atoms with Gasteiger partial charge in [-0.2, -0.15) is 0 Å². The average molecular weight is 630 g/mol. The minimum atomic E-state index is -1.12. The van der Waals surface area contributed by atoms with Gasteiger partial charge in [-0.05, 0) is 38.2 Å². The van der Waals surface area contributed by atoms with Gasteiger partial charge in [-0.1, -0.05) is 0 Å². The molecule has 16 heteroatoms. The van der Waals surface area contributed by atoms with Gasteiger partial charge in [0, 0.05) is 35.9 Å². The first-order chi connectivity index (χ1) is 20.4. The van der Waals surface area contributed by atoms with Crippen molar-refractivity contribution in [1.82, 2.24) is 25.5 Å². The zero-order chi connectivity index (χ0) is 31.1. The molecule has 0 saturated heterocycles. The van der Waals surface area contributed by atoms with Crippen LogP contribution in [0.5, 0.6) is 0 Å². The van der Waals surface area contributed by atoms with E-state index in [0.29, 0.717) is 44.7 Å². The molecule has 228 valence electrons. The average Bonchev–Trinajstić information content (AvgIpc) is 3.25. The molecule has 2 aliphatic heterocycles. The minimum absolute atomic E-state index is 0.0939. The summed E-state index contributed by atoms with van der Waals surface area (Å²) in [5.41, 5.74) is 6.66. The molecule has 3 atom stereocenters. The van der Waals surface area contributed by atoms with Gasteiger partial charge in [-0.15, -0.1) is 23.1 Å². The summed E-state index contributed by atoms with van der Waals surface area (Å²) in [5, 5.41) is 20.4. The highest BCUT2D eigenvalue weighted by atomic mass is 32.2. The van der Waals surface area contributed by atoms with Gasteiger partial charge >= 0.3 is 5.97 Å². The number of thiazole rings is 1. The summed E-state index contributed by atoms with van der Waals surface area (Å²) in [5.74, 6) is -2.72. The molecule has 43 heavy (non-hydrogen) atoms. The fourth-order valence-electron chi connectivity index (χ4n) is 5.31. The van der Waals surface area contributed by atoms with Crippen LogP contribution in [0.1, 0.15) is 71.8 Å². The number of aromatic nitrogens is 2. The van der Waals surface area contributed by atoms with Gasteiger partial charge in [0.1, 0.15) is 21.8 Å². The van der Waals surface area contributed by atoms with Crippen LogP contribution in [-0.4, -0.2) is 73.2 Å². The molecular formula is C27H31N7O7S2. The molecule has 1 fully saturated rings. The standard InChI is InChI=1S/C27H31N7O7S2/c1-12(29-23(38)15(8-19(28)36)30-13(2)35)3-4-18-22-14(27(5-6-27)33-24(22)39)7-21(37)34(18)9-20-31-16(10-42-20)25-32-17(11-43-25)26(40)41/h7,10,12,15,17H,3-6,8-9,11H2,1-2H3,(H2,28,36)(H,29,38)(H,30,35)(H,33,39)(H,40,41)/t12-,15+,17?/m0/s1. The van der Waals surface area contributed by atoms with Crippen molar-refractivity contribution >= 4 is 57.7 Å². The molecule has 4 heterocycles. The molecule has 1 unspecified atom stereocenters. The molecule has 6 N–H and O–H groups in total. The van der Waals surface area contributed by atoms with Crippen molar-refractivity contribution in [3.8, 4) is 0 Å². The van der Waals surface area contributed by atoms with Gasteiger partial charge in [-0.25, -0.2) is 9.78 Å². The first-order valence-electron chi connectivity index (χ1n) is 13.7. The number of hydrogen-bond donors (Lipinski definition) is 5. The molecule has 14 nitrogen and oxygen atoms in total. The Labute approximate surface area is 253 Å². The Kier molecular flexibility index (Phi) is 8.42. The number of pyridine rings is 1. The molecular weight excluding hydrogens is 598 g/mol. The Morgan fingerprint density at radius 3 is 2.63 bits per heavy atom. The Morgan fingerprint density at radius 2 is 2.00 bits per heavy atom. The summed E-state index contributed by atoms with van der Waals surface area (Å²) < 4.78 is 1.52. The highest BCUT2D eigenvalue weighted by Crippen LogP contribution is 2.50. The Bertz CT molecular complexity index is 1590. The fraction of sp³-hybridized carbons (Fsp3) is 0.481. The zero-order valence-corrected chi connectivity index (χ0v) is 25.1. The SMILES string of the molecule is CC(=O)N[C@H](CC(N)=O)C(=O)N[C@@H](C)CCc1c2c(cc(=O)n1Cc1nc(C3=NC(C(=O)O)CS3)cs1)C1(CC1)NC2=O. The van der Waals surface area contributed by atoms with Gasteiger partial charge in [0.05, 0.1) is 24.1 Å². The van der Waals surface area contributed by atoms with Gasteiger partial charge in [0.25, 0.3) is 11.5 Å². The number of fused-ring (bicyclic) bond motifs is 2. The number of aliphatic imine (C=N–C) groups is 1. The number of amides is 4. The Balaban J connectivity index is 1.38. The third-order valence-corrected chi connectivity index (χ3v) is 9.47. The molecule has 0 radical (unpaired) electrons. The first kappa shape index (κ1) is 30.4. The van der Waals surface area contributed by atoms with Crippen molar-refractivity contribution in [1.29, 1.82) is 0 Å². The predicted molar refractivity (Wildman–Crippen MR) is 158 cm³/mol. The van der Waals surface area contributed by atoms with Crippen molar-refractivity contribution in [2.45, 2.75) is 76.2 Å². The van der Waals surface area contributed by atoms with E-state index in [1.54, 1.807) is 12.3 Å². The number of nitrogens with zero attached hydrogens (tertiary/aromatic N) is 3. The molecule has 2 aromatic heterocycles. The number of carboxylic acids is 1. The largest absolute Gasteiger partial charge is 0.480 e. The lowest BCUT2D eigenvalue weighted by atomic mass is 9.98. The third-order valence-electron chi connectivity index (χ3n) is 7.57. The second-order valence-electron chi connectivity index (χ2n) is 10.9. The molecule has 2 aromatic rings. The van der Waals surface area contributed by atoms with Gasteiger partial charge in [-0.3, -0.25) is 29.0 Å². The van der Waals surface area contributed by atoms with Crippen molar-refractivity contribution in [3.05, 3.63) is 49.3 Å². The summed E-state index contributed by atoms with van der Waals surface area (Å²) in [6, 6.07) is -0.873. The van der Waals surface area contributed by atoms with Crippen LogP contribution in [0.2, 0.25) is 0 Å². The monoisotopic (exact) mass is 629 g/mol. The van der Waals surface area contributed by atoms with Crippen LogP contribution < -0.4 is 27.2 Å². The van der Waals surface area contributed by atoms with Crippen molar-refractivity contribution < 1.29 is 29.1 Å². The molecule has 3 aliphatic rings. The smallest absolute Gasteiger partial charge is 0.329 e. The van der Waals surface area contributed by atoms with E-state index >= 15 is 0 Å². The van der Waals surface area contributed by atoms with Gasteiger partial charge in [0.2, 0.25) is 17.7 Å². The van der Waals surface area contributed by atoms with E-state index in [1.807, 2.05) is 0 Å². The predicted octanol–water partition coefficient (Wildman–Crippen LogP) is -0.150. The maximum atomic E-state index is 13.5. The number of rotatable bonds is 12. The molecule has 5 rings (SSSR count). The fourth-order valence-corrected chi connectivity index (χ4v) is 7.14. The van der Waals surface area contributed by atoms with Crippen molar-refractivity contribution in [3.63, 3.8) is 0 Å². The number of carboxylic acid groups (broad SMARTS) is 1. The van der Waals surface area contributed by atoms with Gasteiger partial charge < -0.3 is 31.4 Å². The lowest BCUT2D eigenvalue weighted by molar-refractivity contribution is -0.137. The summed E-state index contributed by atoms with van der Waals surface area (Å²) in [7, 11) is 0. The number of hydrogen-bond acceptors (Lipinski definition) is 10. The second kappa shape index (κ2) is 11.9. The maximum Gasteiger partial charge on any atom is 0.329 e.